The molecule has 0 aromatic heterocycles. The van der Waals surface area contributed by atoms with Crippen LogP contribution in [0.25, 0.3) is 0 Å². The Balaban J connectivity index is 2.50. The van der Waals surface area contributed by atoms with Gasteiger partial charge in [-0.2, -0.15) is 0 Å². The monoisotopic (exact) mass is 210 g/mol. The van der Waals surface area contributed by atoms with E-state index in [1.54, 1.807) is 6.92 Å². The van der Waals surface area contributed by atoms with Gasteiger partial charge in [0.25, 0.3) is 0 Å². The zero-order valence-corrected chi connectivity index (χ0v) is 8.24. The molecule has 1 N–H and O–H groups in total. The molecule has 0 aliphatic carbocycles. The third-order valence-electron chi connectivity index (χ3n) is 2.64. The van der Waals surface area contributed by atoms with Gasteiger partial charge in [0.05, 0.1) is 12.5 Å². The van der Waals surface area contributed by atoms with Gasteiger partial charge in [-0.15, -0.1) is 0 Å². The maximum Gasteiger partial charge on any atom is 0.311 e. The van der Waals surface area contributed by atoms with Crippen molar-refractivity contribution in [2.75, 3.05) is 6.61 Å². The lowest BCUT2D eigenvalue weighted by atomic mass is 9.85. The Hall–Kier alpha value is -1.58. The standard InChI is InChI=1S/C11H11FO3/c1-6-5-15-9-3-2-7(12)4-8(9)10(6)11(13)14/h2-4,6,10H,5H2,1H3,(H,13,14). The maximum atomic E-state index is 13.0. The topological polar surface area (TPSA) is 46.5 Å². The van der Waals surface area contributed by atoms with Gasteiger partial charge in [-0.05, 0) is 18.2 Å². The summed E-state index contributed by atoms with van der Waals surface area (Å²) in [6.45, 7) is 2.14. The van der Waals surface area contributed by atoms with Crippen LogP contribution in [0.15, 0.2) is 18.2 Å². The molecule has 2 unspecified atom stereocenters. The fraction of sp³-hybridized carbons (Fsp3) is 0.364. The largest absolute Gasteiger partial charge is 0.493 e. The first-order chi connectivity index (χ1) is 7.09. The SMILES string of the molecule is CC1COc2ccc(F)cc2C1C(=O)O. The average Bonchev–Trinajstić information content (AvgIpc) is 2.16. The van der Waals surface area contributed by atoms with Crippen molar-refractivity contribution in [2.45, 2.75) is 12.8 Å². The predicted octanol–water partition coefficient (Wildman–Crippen LogP) is 2.02. The minimum Gasteiger partial charge on any atom is -0.493 e. The van der Waals surface area contributed by atoms with E-state index in [1.165, 1.54) is 18.2 Å². The summed E-state index contributed by atoms with van der Waals surface area (Å²) in [7, 11) is 0. The zero-order chi connectivity index (χ0) is 11.0. The molecule has 0 spiro atoms. The number of aliphatic carboxylic acids is 1. The second-order valence-corrected chi connectivity index (χ2v) is 3.79. The van der Waals surface area contributed by atoms with Crippen molar-refractivity contribution in [1.29, 1.82) is 0 Å². The van der Waals surface area contributed by atoms with Crippen LogP contribution >= 0.6 is 0 Å². The highest BCUT2D eigenvalue weighted by Gasteiger charge is 2.33. The lowest BCUT2D eigenvalue weighted by molar-refractivity contribution is -0.140. The summed E-state index contributed by atoms with van der Waals surface area (Å²) in [6, 6.07) is 3.99. The lowest BCUT2D eigenvalue weighted by Crippen LogP contribution is -2.29. The van der Waals surface area contributed by atoms with Crippen molar-refractivity contribution in [3.05, 3.63) is 29.6 Å². The number of carboxylic acids is 1. The quantitative estimate of drug-likeness (QED) is 0.771. The second-order valence-electron chi connectivity index (χ2n) is 3.79. The normalized spacial score (nSPS) is 24.1. The fourth-order valence-electron chi connectivity index (χ4n) is 1.89. The molecular formula is C11H11FO3. The third-order valence-corrected chi connectivity index (χ3v) is 2.64. The van der Waals surface area contributed by atoms with Crippen molar-refractivity contribution in [3.63, 3.8) is 0 Å². The number of rotatable bonds is 1. The number of hydrogen-bond donors (Lipinski definition) is 1. The van der Waals surface area contributed by atoms with Crippen molar-refractivity contribution < 1.29 is 19.0 Å². The highest BCUT2D eigenvalue weighted by Crippen LogP contribution is 2.37. The van der Waals surface area contributed by atoms with E-state index in [0.717, 1.165) is 0 Å². The smallest absolute Gasteiger partial charge is 0.311 e. The summed E-state index contributed by atoms with van der Waals surface area (Å²) in [5, 5.41) is 9.07. The first-order valence-corrected chi connectivity index (χ1v) is 4.74. The van der Waals surface area contributed by atoms with E-state index in [2.05, 4.69) is 0 Å². The number of benzene rings is 1. The number of ether oxygens (including phenoxy) is 1. The van der Waals surface area contributed by atoms with Gasteiger partial charge in [-0.1, -0.05) is 6.92 Å². The Labute approximate surface area is 86.5 Å². The molecule has 1 aliphatic heterocycles. The Morgan fingerprint density at radius 1 is 1.60 bits per heavy atom. The van der Waals surface area contributed by atoms with E-state index in [9.17, 15) is 9.18 Å². The molecule has 2 rings (SSSR count). The van der Waals surface area contributed by atoms with E-state index in [0.29, 0.717) is 17.9 Å². The zero-order valence-electron chi connectivity index (χ0n) is 8.24. The highest BCUT2D eigenvalue weighted by molar-refractivity contribution is 5.78. The van der Waals surface area contributed by atoms with E-state index in [-0.39, 0.29) is 5.92 Å². The molecule has 1 aromatic carbocycles. The lowest BCUT2D eigenvalue weighted by Gasteiger charge is -2.28. The van der Waals surface area contributed by atoms with Crippen molar-refractivity contribution in [1.82, 2.24) is 0 Å². The minimum absolute atomic E-state index is 0.142. The van der Waals surface area contributed by atoms with Crippen LogP contribution in [0, 0.1) is 11.7 Å². The first kappa shape index (κ1) is 9.96. The van der Waals surface area contributed by atoms with Gasteiger partial charge in [-0.25, -0.2) is 4.39 Å². The van der Waals surface area contributed by atoms with Gasteiger partial charge in [-0.3, -0.25) is 4.79 Å². The Bertz CT molecular complexity index is 403. The molecule has 0 fully saturated rings. The van der Waals surface area contributed by atoms with Crippen LogP contribution in [-0.2, 0) is 4.79 Å². The van der Waals surface area contributed by atoms with Crippen molar-refractivity contribution in [3.8, 4) is 5.75 Å². The molecule has 0 bridgehead atoms. The number of hydrogen-bond acceptors (Lipinski definition) is 2. The summed E-state index contributed by atoms with van der Waals surface area (Å²) in [6.07, 6.45) is 0. The summed E-state index contributed by atoms with van der Waals surface area (Å²) in [5.41, 5.74) is 0.432. The Morgan fingerprint density at radius 2 is 2.33 bits per heavy atom. The van der Waals surface area contributed by atoms with Crippen LogP contribution in [-0.4, -0.2) is 17.7 Å². The van der Waals surface area contributed by atoms with Gasteiger partial charge >= 0.3 is 5.97 Å². The maximum absolute atomic E-state index is 13.0. The highest BCUT2D eigenvalue weighted by atomic mass is 19.1. The molecule has 1 aliphatic rings. The molecule has 0 amide bonds. The Morgan fingerprint density at radius 3 is 3.00 bits per heavy atom. The predicted molar refractivity (Wildman–Crippen MR) is 51.4 cm³/mol. The molecule has 0 saturated heterocycles. The number of halogens is 1. The summed E-state index contributed by atoms with van der Waals surface area (Å²) < 4.78 is 18.4. The first-order valence-electron chi connectivity index (χ1n) is 4.74. The summed E-state index contributed by atoms with van der Waals surface area (Å²) >= 11 is 0. The molecule has 15 heavy (non-hydrogen) atoms. The van der Waals surface area contributed by atoms with Gasteiger partial charge in [0.1, 0.15) is 11.6 Å². The number of carbonyl (C=O) groups is 1. The summed E-state index contributed by atoms with van der Waals surface area (Å²) in [4.78, 5) is 11.1. The van der Waals surface area contributed by atoms with Crippen LogP contribution in [0.1, 0.15) is 18.4 Å². The molecular weight excluding hydrogens is 199 g/mol. The van der Waals surface area contributed by atoms with Gasteiger partial charge in [0, 0.05) is 11.5 Å². The second kappa shape index (κ2) is 3.53. The molecule has 80 valence electrons. The fourth-order valence-corrected chi connectivity index (χ4v) is 1.89. The molecule has 1 heterocycles. The molecule has 4 heteroatoms. The van der Waals surface area contributed by atoms with Gasteiger partial charge in [0.2, 0.25) is 0 Å². The van der Waals surface area contributed by atoms with Crippen LogP contribution in [0.2, 0.25) is 0 Å². The van der Waals surface area contributed by atoms with E-state index < -0.39 is 17.7 Å². The minimum atomic E-state index is -0.933. The third kappa shape index (κ3) is 1.67. The van der Waals surface area contributed by atoms with Crippen LogP contribution in [0.3, 0.4) is 0 Å². The molecule has 0 radical (unpaired) electrons. The van der Waals surface area contributed by atoms with Crippen LogP contribution in [0.5, 0.6) is 5.75 Å². The van der Waals surface area contributed by atoms with E-state index in [4.69, 9.17) is 9.84 Å². The van der Waals surface area contributed by atoms with E-state index >= 15 is 0 Å². The van der Waals surface area contributed by atoms with Gasteiger partial charge in [0.15, 0.2) is 0 Å². The Kier molecular flexibility index (Phi) is 2.34. The summed E-state index contributed by atoms with van der Waals surface area (Å²) in [5.74, 6) is -1.71. The molecule has 3 nitrogen and oxygen atoms in total. The van der Waals surface area contributed by atoms with Crippen molar-refractivity contribution in [2.24, 2.45) is 5.92 Å². The van der Waals surface area contributed by atoms with Crippen LogP contribution in [0.4, 0.5) is 4.39 Å². The van der Waals surface area contributed by atoms with Crippen LogP contribution < -0.4 is 4.74 Å². The molecule has 1 aromatic rings. The molecule has 0 saturated carbocycles. The molecule has 2 atom stereocenters. The number of carboxylic acid groups (broad SMARTS) is 1. The van der Waals surface area contributed by atoms with Gasteiger partial charge < -0.3 is 9.84 Å². The average molecular weight is 210 g/mol. The number of fused-ring (bicyclic) bond motifs is 1. The van der Waals surface area contributed by atoms with E-state index in [1.807, 2.05) is 0 Å². The van der Waals surface area contributed by atoms with Crippen molar-refractivity contribution >= 4 is 5.97 Å².